The van der Waals surface area contributed by atoms with Crippen molar-refractivity contribution in [2.24, 2.45) is 5.29 Å². The van der Waals surface area contributed by atoms with Gasteiger partial charge in [-0.15, -0.1) is 4.91 Å². The number of rotatable bonds is 4. The zero-order chi connectivity index (χ0) is 13.1. The Kier molecular flexibility index (Phi) is 3.62. The van der Waals surface area contributed by atoms with E-state index in [1.165, 1.54) is 11.6 Å². The fourth-order valence-corrected chi connectivity index (χ4v) is 2.06. The van der Waals surface area contributed by atoms with E-state index in [0.717, 1.165) is 10.9 Å². The fraction of sp³-hybridized carbons (Fsp3) is 0.250. The van der Waals surface area contributed by atoms with Crippen molar-refractivity contribution in [3.63, 3.8) is 0 Å². The second-order valence-corrected chi connectivity index (χ2v) is 4.41. The third-order valence-corrected chi connectivity index (χ3v) is 2.92. The Labute approximate surface area is 109 Å². The summed E-state index contributed by atoms with van der Waals surface area (Å²) in [4.78, 5) is 21.5. The van der Waals surface area contributed by atoms with E-state index in [9.17, 15) is 9.70 Å². The molecule has 6 heteroatoms. The van der Waals surface area contributed by atoms with Crippen LogP contribution in [0.3, 0.4) is 0 Å². The molecule has 94 valence electrons. The Morgan fingerprint density at radius 2 is 2.28 bits per heavy atom. The van der Waals surface area contributed by atoms with Crippen LogP contribution in [0.5, 0.6) is 0 Å². The van der Waals surface area contributed by atoms with Crippen LogP contribution in [-0.2, 0) is 11.2 Å². The molecule has 0 aliphatic heterocycles. The molecule has 2 rings (SSSR count). The topological polar surface area (TPSA) is 63.5 Å². The second kappa shape index (κ2) is 5.18. The molecule has 0 fully saturated rings. The molecule has 1 aromatic carbocycles. The van der Waals surface area contributed by atoms with Crippen LogP contribution < -0.4 is 5.32 Å². The molecule has 0 saturated heterocycles. The van der Waals surface area contributed by atoms with Crippen LogP contribution >= 0.6 is 11.6 Å². The van der Waals surface area contributed by atoms with Crippen molar-refractivity contribution in [2.45, 2.75) is 13.3 Å². The highest BCUT2D eigenvalue weighted by atomic mass is 35.5. The molecule has 0 aliphatic carbocycles. The summed E-state index contributed by atoms with van der Waals surface area (Å²) in [6.45, 7) is 1.98. The van der Waals surface area contributed by atoms with Gasteiger partial charge in [-0.2, -0.15) is 0 Å². The summed E-state index contributed by atoms with van der Waals surface area (Å²) in [5.74, 6) is -0.0784. The fourth-order valence-electron chi connectivity index (χ4n) is 1.89. The van der Waals surface area contributed by atoms with E-state index in [1.54, 1.807) is 24.4 Å². The van der Waals surface area contributed by atoms with E-state index in [2.05, 4.69) is 10.6 Å². The summed E-state index contributed by atoms with van der Waals surface area (Å²) in [6, 6.07) is 5.26. The van der Waals surface area contributed by atoms with Gasteiger partial charge in [-0.1, -0.05) is 11.6 Å². The van der Waals surface area contributed by atoms with Gasteiger partial charge in [-0.3, -0.25) is 4.79 Å². The number of amides is 1. The molecule has 0 radical (unpaired) electrons. The quantitative estimate of drug-likeness (QED) is 0.864. The lowest BCUT2D eigenvalue weighted by molar-refractivity contribution is -0.118. The van der Waals surface area contributed by atoms with Crippen molar-refractivity contribution in [1.82, 2.24) is 9.99 Å². The molecule has 0 aliphatic rings. The largest absolute Gasteiger partial charge is 0.356 e. The Hall–Kier alpha value is -1.88. The van der Waals surface area contributed by atoms with Crippen molar-refractivity contribution in [1.29, 1.82) is 0 Å². The van der Waals surface area contributed by atoms with Crippen LogP contribution in [0.15, 0.2) is 29.7 Å². The molecule has 0 atom stereocenters. The summed E-state index contributed by atoms with van der Waals surface area (Å²) < 4.78 is 1.27. The summed E-state index contributed by atoms with van der Waals surface area (Å²) in [7, 11) is 0. The average molecular weight is 266 g/mol. The number of nitrogens with zero attached hydrogens (tertiary/aromatic N) is 2. The number of hydrogen-bond donors (Lipinski definition) is 1. The maximum absolute atomic E-state index is 10.8. The summed E-state index contributed by atoms with van der Waals surface area (Å²) in [5.41, 5.74) is 1.65. The first-order chi connectivity index (χ1) is 8.61. The van der Waals surface area contributed by atoms with E-state index in [4.69, 9.17) is 11.6 Å². The summed E-state index contributed by atoms with van der Waals surface area (Å²) >= 11 is 5.94. The molecular weight excluding hydrogens is 254 g/mol. The first kappa shape index (κ1) is 12.6. The number of aromatic nitrogens is 1. The lowest BCUT2D eigenvalue weighted by Crippen LogP contribution is -2.22. The minimum atomic E-state index is -0.0784. The van der Waals surface area contributed by atoms with Gasteiger partial charge in [0, 0.05) is 30.1 Å². The Morgan fingerprint density at radius 1 is 1.50 bits per heavy atom. The molecule has 18 heavy (non-hydrogen) atoms. The Bertz CT molecular complexity index is 607. The smallest absolute Gasteiger partial charge is 0.216 e. The summed E-state index contributed by atoms with van der Waals surface area (Å²) in [6.07, 6.45) is 2.29. The van der Waals surface area contributed by atoms with Gasteiger partial charge >= 0.3 is 0 Å². The number of halogens is 1. The number of fused-ring (bicyclic) bond motifs is 1. The lowest BCUT2D eigenvalue weighted by atomic mass is 10.1. The number of nitrogens with one attached hydrogen (secondary N) is 1. The highest BCUT2D eigenvalue weighted by molar-refractivity contribution is 6.31. The second-order valence-electron chi connectivity index (χ2n) is 3.97. The SMILES string of the molecule is CC(=O)NCCc1cn(N=O)c2ccc(Cl)cc12. The maximum atomic E-state index is 10.8. The number of nitroso groups, excluding NO2 is 1. The van der Waals surface area contributed by atoms with Crippen molar-refractivity contribution < 1.29 is 4.79 Å². The highest BCUT2D eigenvalue weighted by Gasteiger charge is 2.09. The maximum Gasteiger partial charge on any atom is 0.216 e. The van der Waals surface area contributed by atoms with Crippen molar-refractivity contribution in [3.8, 4) is 0 Å². The van der Waals surface area contributed by atoms with E-state index >= 15 is 0 Å². The Balaban J connectivity index is 2.34. The van der Waals surface area contributed by atoms with Crippen LogP contribution in [0.2, 0.25) is 5.02 Å². The number of benzene rings is 1. The molecule has 0 bridgehead atoms. The predicted octanol–water partition coefficient (Wildman–Crippen LogP) is 2.50. The Morgan fingerprint density at radius 3 is 2.94 bits per heavy atom. The highest BCUT2D eigenvalue weighted by Crippen LogP contribution is 2.25. The molecule has 1 N–H and O–H groups in total. The third-order valence-electron chi connectivity index (χ3n) is 2.69. The van der Waals surface area contributed by atoms with Gasteiger partial charge in [0.1, 0.15) is 0 Å². The number of hydrogen-bond acceptors (Lipinski definition) is 3. The zero-order valence-electron chi connectivity index (χ0n) is 9.81. The zero-order valence-corrected chi connectivity index (χ0v) is 10.6. The third kappa shape index (κ3) is 2.51. The predicted molar refractivity (Wildman–Crippen MR) is 70.5 cm³/mol. The molecular formula is C12H12ClN3O2. The monoisotopic (exact) mass is 265 g/mol. The first-order valence-electron chi connectivity index (χ1n) is 5.49. The van der Waals surface area contributed by atoms with Gasteiger partial charge in [-0.05, 0) is 30.2 Å². The van der Waals surface area contributed by atoms with E-state index in [1.807, 2.05) is 0 Å². The van der Waals surface area contributed by atoms with Crippen LogP contribution in [0.4, 0.5) is 0 Å². The molecule has 1 amide bonds. The number of carbonyl (C=O) groups excluding carboxylic acids is 1. The van der Waals surface area contributed by atoms with Crippen molar-refractivity contribution in [3.05, 3.63) is 39.9 Å². The normalized spacial score (nSPS) is 10.6. The average Bonchev–Trinajstić information content (AvgIpc) is 2.66. The molecule has 1 heterocycles. The van der Waals surface area contributed by atoms with Gasteiger partial charge < -0.3 is 5.32 Å². The van der Waals surface area contributed by atoms with Gasteiger partial charge in [0.15, 0.2) is 0 Å². The van der Waals surface area contributed by atoms with Gasteiger partial charge in [0.05, 0.1) is 10.8 Å². The standard InChI is InChI=1S/C12H12ClN3O2/c1-8(17)14-5-4-9-7-16(15-18)12-3-2-10(13)6-11(9)12/h2-3,6-7H,4-5H2,1H3,(H,14,17). The van der Waals surface area contributed by atoms with E-state index in [-0.39, 0.29) is 5.91 Å². The molecule has 5 nitrogen and oxygen atoms in total. The first-order valence-corrected chi connectivity index (χ1v) is 5.87. The minimum Gasteiger partial charge on any atom is -0.356 e. The van der Waals surface area contributed by atoms with Crippen molar-refractivity contribution >= 4 is 28.4 Å². The van der Waals surface area contributed by atoms with Gasteiger partial charge in [0.2, 0.25) is 5.91 Å². The minimum absolute atomic E-state index is 0.0784. The molecule has 1 aromatic heterocycles. The van der Waals surface area contributed by atoms with E-state index in [0.29, 0.717) is 23.5 Å². The molecule has 0 unspecified atom stereocenters. The summed E-state index contributed by atoms with van der Waals surface area (Å²) in [5, 5.41) is 7.12. The van der Waals surface area contributed by atoms with Crippen molar-refractivity contribution in [2.75, 3.05) is 6.54 Å². The van der Waals surface area contributed by atoms with Crippen LogP contribution in [0.25, 0.3) is 10.9 Å². The molecule has 0 spiro atoms. The van der Waals surface area contributed by atoms with Crippen LogP contribution in [0, 0.1) is 4.91 Å². The van der Waals surface area contributed by atoms with Crippen LogP contribution in [0.1, 0.15) is 12.5 Å². The number of carbonyl (C=O) groups is 1. The van der Waals surface area contributed by atoms with E-state index < -0.39 is 0 Å². The van der Waals surface area contributed by atoms with Crippen LogP contribution in [-0.4, -0.2) is 17.1 Å². The van der Waals surface area contributed by atoms with Gasteiger partial charge in [0.25, 0.3) is 0 Å². The molecule has 0 saturated carbocycles. The molecule has 2 aromatic rings. The lowest BCUT2D eigenvalue weighted by Gasteiger charge is -2.01. The van der Waals surface area contributed by atoms with Gasteiger partial charge in [-0.25, -0.2) is 4.68 Å².